The molecule has 1 aliphatic rings. The molecule has 0 aromatic carbocycles. The highest BCUT2D eigenvalue weighted by molar-refractivity contribution is 7.99. The van der Waals surface area contributed by atoms with Gasteiger partial charge in [0, 0.05) is 12.3 Å². The van der Waals surface area contributed by atoms with Gasteiger partial charge in [0.15, 0.2) is 17.1 Å². The Morgan fingerprint density at radius 2 is 2.46 bits per heavy atom. The maximum Gasteiger partial charge on any atom is 0.356 e. The number of aromatic nitrogens is 2. The maximum absolute atomic E-state index is 10.6. The summed E-state index contributed by atoms with van der Waals surface area (Å²) >= 11 is 1.47. The third-order valence-corrected chi connectivity index (χ3v) is 2.79. The highest BCUT2D eigenvalue weighted by Crippen LogP contribution is 2.27. The van der Waals surface area contributed by atoms with E-state index in [-0.39, 0.29) is 11.4 Å². The SMILES string of the molecule is O=Cc1c(C(=O)O)nc2n1CCS2. The van der Waals surface area contributed by atoms with Gasteiger partial charge in [-0.05, 0) is 0 Å². The Morgan fingerprint density at radius 1 is 1.69 bits per heavy atom. The van der Waals surface area contributed by atoms with Crippen LogP contribution < -0.4 is 0 Å². The number of aromatic carboxylic acids is 1. The number of fused-ring (bicyclic) bond motifs is 1. The normalized spacial score (nSPS) is 14.2. The highest BCUT2D eigenvalue weighted by Gasteiger charge is 2.24. The average Bonchev–Trinajstić information content (AvgIpc) is 2.60. The number of rotatable bonds is 2. The van der Waals surface area contributed by atoms with Gasteiger partial charge >= 0.3 is 5.97 Å². The van der Waals surface area contributed by atoms with Crippen LogP contribution in [0.4, 0.5) is 0 Å². The van der Waals surface area contributed by atoms with Crippen molar-refractivity contribution in [2.24, 2.45) is 0 Å². The lowest BCUT2D eigenvalue weighted by Crippen LogP contribution is -2.06. The molecule has 0 unspecified atom stereocenters. The van der Waals surface area contributed by atoms with E-state index in [1.165, 1.54) is 11.8 Å². The van der Waals surface area contributed by atoms with Crippen LogP contribution in [0.15, 0.2) is 5.16 Å². The molecule has 68 valence electrons. The number of thioether (sulfide) groups is 1. The first kappa shape index (κ1) is 8.31. The van der Waals surface area contributed by atoms with Crippen molar-refractivity contribution in [2.45, 2.75) is 11.7 Å². The van der Waals surface area contributed by atoms with E-state index in [4.69, 9.17) is 5.11 Å². The molecule has 2 heterocycles. The van der Waals surface area contributed by atoms with Gasteiger partial charge in [-0.1, -0.05) is 11.8 Å². The first-order valence-electron chi connectivity index (χ1n) is 3.66. The lowest BCUT2D eigenvalue weighted by molar-refractivity contribution is 0.0687. The molecule has 0 aliphatic carbocycles. The van der Waals surface area contributed by atoms with Gasteiger partial charge in [-0.3, -0.25) is 4.79 Å². The molecule has 1 aliphatic heterocycles. The van der Waals surface area contributed by atoms with Crippen molar-refractivity contribution >= 4 is 24.0 Å². The van der Waals surface area contributed by atoms with Crippen LogP contribution in [0.25, 0.3) is 0 Å². The lowest BCUT2D eigenvalue weighted by atomic mass is 10.3. The van der Waals surface area contributed by atoms with E-state index in [2.05, 4.69) is 4.98 Å². The van der Waals surface area contributed by atoms with Gasteiger partial charge in [0.05, 0.1) is 0 Å². The molecule has 1 N–H and O–H groups in total. The fourth-order valence-electron chi connectivity index (χ4n) is 1.28. The molecule has 0 saturated heterocycles. The smallest absolute Gasteiger partial charge is 0.356 e. The van der Waals surface area contributed by atoms with E-state index in [0.29, 0.717) is 18.0 Å². The third kappa shape index (κ3) is 1.14. The van der Waals surface area contributed by atoms with Crippen LogP contribution in [0.5, 0.6) is 0 Å². The Bertz CT molecular complexity index is 385. The van der Waals surface area contributed by atoms with E-state index in [1.54, 1.807) is 4.57 Å². The first-order valence-corrected chi connectivity index (χ1v) is 4.64. The first-order chi connectivity index (χ1) is 6.24. The Labute approximate surface area is 77.8 Å². The largest absolute Gasteiger partial charge is 0.476 e. The van der Waals surface area contributed by atoms with Gasteiger partial charge in [0.25, 0.3) is 0 Å². The molecule has 6 heteroatoms. The molecule has 0 fully saturated rings. The minimum absolute atomic E-state index is 0.141. The zero-order chi connectivity index (χ0) is 9.42. The lowest BCUT2D eigenvalue weighted by Gasteiger charge is -1.95. The number of aldehydes is 1. The third-order valence-electron chi connectivity index (χ3n) is 1.83. The van der Waals surface area contributed by atoms with Crippen LogP contribution in [-0.4, -0.2) is 32.7 Å². The van der Waals surface area contributed by atoms with Gasteiger partial charge in [0.1, 0.15) is 5.69 Å². The molecule has 1 aromatic rings. The second kappa shape index (κ2) is 2.88. The predicted octanol–water partition coefficient (Wildman–Crippen LogP) is 0.500. The molecular weight excluding hydrogens is 192 g/mol. The van der Waals surface area contributed by atoms with Gasteiger partial charge in [0.2, 0.25) is 0 Å². The Balaban J connectivity index is 2.60. The summed E-state index contributed by atoms with van der Waals surface area (Å²) < 4.78 is 1.64. The van der Waals surface area contributed by atoms with Crippen molar-refractivity contribution in [3.05, 3.63) is 11.4 Å². The number of carboxylic acid groups (broad SMARTS) is 1. The molecule has 13 heavy (non-hydrogen) atoms. The van der Waals surface area contributed by atoms with Gasteiger partial charge in [-0.15, -0.1) is 0 Å². The van der Waals surface area contributed by atoms with Crippen LogP contribution in [0.3, 0.4) is 0 Å². The van der Waals surface area contributed by atoms with E-state index in [1.807, 2.05) is 0 Å². The van der Waals surface area contributed by atoms with Gasteiger partial charge < -0.3 is 9.67 Å². The van der Waals surface area contributed by atoms with Crippen LogP contribution in [0.1, 0.15) is 21.0 Å². The predicted molar refractivity (Wildman–Crippen MR) is 45.3 cm³/mol. The fraction of sp³-hybridized carbons (Fsp3) is 0.286. The Kier molecular flexibility index (Phi) is 1.84. The summed E-state index contributed by atoms with van der Waals surface area (Å²) in [6.45, 7) is 0.661. The molecule has 0 saturated carbocycles. The number of carbonyl (C=O) groups excluding carboxylic acids is 1. The van der Waals surface area contributed by atoms with Gasteiger partial charge in [-0.25, -0.2) is 9.78 Å². The second-order valence-corrected chi connectivity index (χ2v) is 3.61. The van der Waals surface area contributed by atoms with Crippen molar-refractivity contribution in [1.82, 2.24) is 9.55 Å². The number of nitrogens with zero attached hydrogens (tertiary/aromatic N) is 2. The second-order valence-electron chi connectivity index (χ2n) is 2.55. The van der Waals surface area contributed by atoms with Crippen LogP contribution >= 0.6 is 11.8 Å². The van der Waals surface area contributed by atoms with Crippen molar-refractivity contribution < 1.29 is 14.7 Å². The molecular formula is C7H6N2O3S. The number of hydrogen-bond donors (Lipinski definition) is 1. The molecule has 0 radical (unpaired) electrons. The zero-order valence-electron chi connectivity index (χ0n) is 6.56. The summed E-state index contributed by atoms with van der Waals surface area (Å²) in [6, 6.07) is 0. The molecule has 1 aromatic heterocycles. The van der Waals surface area contributed by atoms with E-state index >= 15 is 0 Å². The quantitative estimate of drug-likeness (QED) is 0.700. The van der Waals surface area contributed by atoms with E-state index in [9.17, 15) is 9.59 Å². The Hall–Kier alpha value is -1.30. The van der Waals surface area contributed by atoms with Crippen LogP contribution in [0.2, 0.25) is 0 Å². The number of carbonyl (C=O) groups is 2. The number of imidazole rings is 1. The topological polar surface area (TPSA) is 72.2 Å². The average molecular weight is 198 g/mol. The minimum Gasteiger partial charge on any atom is -0.476 e. The van der Waals surface area contributed by atoms with E-state index < -0.39 is 5.97 Å². The summed E-state index contributed by atoms with van der Waals surface area (Å²) in [5, 5.41) is 9.33. The molecule has 2 rings (SSSR count). The molecule has 0 atom stereocenters. The Morgan fingerprint density at radius 3 is 3.08 bits per heavy atom. The molecule has 0 spiro atoms. The molecule has 5 nitrogen and oxygen atoms in total. The number of carboxylic acids is 1. The minimum atomic E-state index is -1.15. The van der Waals surface area contributed by atoms with Crippen molar-refractivity contribution in [3.63, 3.8) is 0 Å². The molecule has 0 amide bonds. The summed E-state index contributed by atoms with van der Waals surface area (Å²) in [5.41, 5.74) is 0.0321. The fourth-order valence-corrected chi connectivity index (χ4v) is 2.23. The van der Waals surface area contributed by atoms with Crippen molar-refractivity contribution in [3.8, 4) is 0 Å². The summed E-state index contributed by atoms with van der Waals surface area (Å²) in [5.74, 6) is -0.298. The number of hydrogen-bond acceptors (Lipinski definition) is 4. The van der Waals surface area contributed by atoms with Crippen LogP contribution in [-0.2, 0) is 6.54 Å². The highest BCUT2D eigenvalue weighted by atomic mass is 32.2. The van der Waals surface area contributed by atoms with Crippen molar-refractivity contribution in [1.29, 1.82) is 0 Å². The van der Waals surface area contributed by atoms with Gasteiger partial charge in [-0.2, -0.15) is 0 Å². The summed E-state index contributed by atoms with van der Waals surface area (Å²) in [4.78, 5) is 25.1. The monoisotopic (exact) mass is 198 g/mol. The standard InChI is InChI=1S/C7H6N2O3S/c10-3-4-5(6(11)12)8-7-9(4)1-2-13-7/h3H,1-2H2,(H,11,12). The summed E-state index contributed by atoms with van der Waals surface area (Å²) in [6.07, 6.45) is 0.547. The van der Waals surface area contributed by atoms with E-state index in [0.717, 1.165) is 5.75 Å². The van der Waals surface area contributed by atoms with Crippen LogP contribution in [0, 0.1) is 0 Å². The maximum atomic E-state index is 10.6. The van der Waals surface area contributed by atoms with Crippen molar-refractivity contribution in [2.75, 3.05) is 5.75 Å². The zero-order valence-corrected chi connectivity index (χ0v) is 7.37. The summed E-state index contributed by atoms with van der Waals surface area (Å²) in [7, 11) is 0. The molecule has 0 bridgehead atoms.